The van der Waals surface area contributed by atoms with Gasteiger partial charge < -0.3 is 0 Å². The van der Waals surface area contributed by atoms with Gasteiger partial charge in [-0.25, -0.2) is 8.78 Å². The van der Waals surface area contributed by atoms with Gasteiger partial charge >= 0.3 is 0 Å². The Kier molecular flexibility index (Phi) is 4.26. The molecule has 0 spiro atoms. The molecule has 4 heteroatoms. The Morgan fingerprint density at radius 1 is 1.05 bits per heavy atom. The van der Waals surface area contributed by atoms with Gasteiger partial charge in [-0.15, -0.1) is 11.6 Å². The third kappa shape index (κ3) is 2.98. The van der Waals surface area contributed by atoms with Crippen molar-refractivity contribution in [1.82, 2.24) is 0 Å². The number of alkyl halides is 1. The van der Waals surface area contributed by atoms with Gasteiger partial charge in [-0.05, 0) is 60.9 Å². The molecular formula is C15H12BrClF2. The summed E-state index contributed by atoms with van der Waals surface area (Å²) in [6, 6.07) is 7.45. The molecule has 0 fully saturated rings. The van der Waals surface area contributed by atoms with E-state index in [9.17, 15) is 8.78 Å². The minimum Gasteiger partial charge on any atom is -0.207 e. The van der Waals surface area contributed by atoms with Crippen LogP contribution in [0, 0.1) is 25.5 Å². The maximum Gasteiger partial charge on any atom is 0.128 e. The molecule has 0 heterocycles. The number of aryl methyl sites for hydroxylation is 2. The van der Waals surface area contributed by atoms with Crippen LogP contribution in [0.2, 0.25) is 0 Å². The molecule has 2 aromatic rings. The Labute approximate surface area is 124 Å². The van der Waals surface area contributed by atoms with Crippen molar-refractivity contribution < 1.29 is 8.78 Å². The Bertz CT molecular complexity index is 603. The highest BCUT2D eigenvalue weighted by Gasteiger charge is 2.20. The van der Waals surface area contributed by atoms with Crippen LogP contribution in [-0.4, -0.2) is 0 Å². The lowest BCUT2D eigenvalue weighted by atomic mass is 9.95. The third-order valence-corrected chi connectivity index (χ3v) is 3.99. The summed E-state index contributed by atoms with van der Waals surface area (Å²) in [5.74, 6) is -0.677. The van der Waals surface area contributed by atoms with Gasteiger partial charge in [0.15, 0.2) is 0 Å². The molecule has 0 aliphatic heterocycles. The first-order chi connectivity index (χ1) is 8.90. The molecule has 0 saturated carbocycles. The number of rotatable bonds is 2. The average Bonchev–Trinajstić information content (AvgIpc) is 2.30. The minimum atomic E-state index is -0.641. The van der Waals surface area contributed by atoms with Gasteiger partial charge in [-0.1, -0.05) is 15.9 Å². The predicted octanol–water partition coefficient (Wildman–Crippen LogP) is 5.67. The Morgan fingerprint density at radius 2 is 1.63 bits per heavy atom. The Balaban J connectivity index is 2.56. The van der Waals surface area contributed by atoms with Crippen LogP contribution in [0.3, 0.4) is 0 Å². The van der Waals surface area contributed by atoms with Gasteiger partial charge in [0.05, 0.1) is 5.38 Å². The van der Waals surface area contributed by atoms with Crippen molar-refractivity contribution in [2.45, 2.75) is 19.2 Å². The van der Waals surface area contributed by atoms with Gasteiger partial charge in [-0.2, -0.15) is 0 Å². The highest BCUT2D eigenvalue weighted by atomic mass is 79.9. The van der Waals surface area contributed by atoms with Crippen LogP contribution in [0.25, 0.3) is 0 Å². The summed E-state index contributed by atoms with van der Waals surface area (Å²) in [6.07, 6.45) is 0. The lowest BCUT2D eigenvalue weighted by Gasteiger charge is -2.17. The number of halogens is 4. The second-order valence-corrected chi connectivity index (χ2v) is 5.83. The van der Waals surface area contributed by atoms with Crippen molar-refractivity contribution in [2.75, 3.05) is 0 Å². The highest BCUT2D eigenvalue weighted by molar-refractivity contribution is 9.10. The molecule has 2 rings (SSSR count). The van der Waals surface area contributed by atoms with Crippen molar-refractivity contribution in [3.05, 3.63) is 68.7 Å². The van der Waals surface area contributed by atoms with Gasteiger partial charge in [0.2, 0.25) is 0 Å². The van der Waals surface area contributed by atoms with Crippen molar-refractivity contribution >= 4 is 27.5 Å². The summed E-state index contributed by atoms with van der Waals surface area (Å²) in [6.45, 7) is 3.55. The van der Waals surface area contributed by atoms with Crippen molar-refractivity contribution in [3.8, 4) is 0 Å². The van der Waals surface area contributed by atoms with Crippen molar-refractivity contribution in [3.63, 3.8) is 0 Å². The maximum absolute atomic E-state index is 13.9. The van der Waals surface area contributed by atoms with Gasteiger partial charge in [0.1, 0.15) is 11.6 Å². The normalized spacial score (nSPS) is 12.5. The van der Waals surface area contributed by atoms with Gasteiger partial charge in [-0.3, -0.25) is 0 Å². The average molecular weight is 346 g/mol. The van der Waals surface area contributed by atoms with E-state index in [0.29, 0.717) is 5.56 Å². The first-order valence-electron chi connectivity index (χ1n) is 5.76. The second-order valence-electron chi connectivity index (χ2n) is 4.48. The number of hydrogen-bond acceptors (Lipinski definition) is 0. The summed E-state index contributed by atoms with van der Waals surface area (Å²) in [5, 5.41) is -0.641. The Hall–Kier alpha value is -0.930. The highest BCUT2D eigenvalue weighted by Crippen LogP contribution is 2.36. The molecule has 0 aliphatic carbocycles. The molecule has 0 radical (unpaired) electrons. The minimum absolute atomic E-state index is 0.308. The topological polar surface area (TPSA) is 0 Å². The quantitative estimate of drug-likeness (QED) is 0.615. The summed E-state index contributed by atoms with van der Waals surface area (Å²) < 4.78 is 27.9. The first-order valence-corrected chi connectivity index (χ1v) is 6.98. The standard InChI is InChI=1S/C15H12BrClF2/c1-8-5-11(18)6-9(2)14(8)15(17)12-7-10(16)3-4-13(12)19/h3-7,15H,1-2H3. The lowest BCUT2D eigenvalue weighted by molar-refractivity contribution is 0.610. The van der Waals surface area contributed by atoms with E-state index in [1.54, 1.807) is 26.0 Å². The van der Waals surface area contributed by atoms with E-state index in [-0.39, 0.29) is 11.6 Å². The largest absolute Gasteiger partial charge is 0.207 e. The van der Waals surface area contributed by atoms with E-state index < -0.39 is 5.38 Å². The fourth-order valence-corrected chi connectivity index (χ4v) is 3.08. The molecule has 0 aliphatic rings. The zero-order valence-corrected chi connectivity index (χ0v) is 12.8. The molecular weight excluding hydrogens is 334 g/mol. The van der Waals surface area contributed by atoms with Crippen molar-refractivity contribution in [1.29, 1.82) is 0 Å². The summed E-state index contributed by atoms with van der Waals surface area (Å²) in [5.41, 5.74) is 2.57. The van der Waals surface area contributed by atoms with E-state index in [1.807, 2.05) is 0 Å². The van der Waals surface area contributed by atoms with Crippen LogP contribution >= 0.6 is 27.5 Å². The summed E-state index contributed by atoms with van der Waals surface area (Å²) >= 11 is 9.69. The van der Waals surface area contributed by atoms with E-state index in [2.05, 4.69) is 15.9 Å². The molecule has 0 saturated heterocycles. The van der Waals surface area contributed by atoms with Crippen LogP contribution in [0.1, 0.15) is 27.6 Å². The molecule has 2 aromatic carbocycles. The van der Waals surface area contributed by atoms with E-state index in [0.717, 1.165) is 21.2 Å². The van der Waals surface area contributed by atoms with Crippen LogP contribution in [0.4, 0.5) is 8.78 Å². The van der Waals surface area contributed by atoms with E-state index in [4.69, 9.17) is 11.6 Å². The van der Waals surface area contributed by atoms with E-state index >= 15 is 0 Å². The summed E-state index contributed by atoms with van der Waals surface area (Å²) in [7, 11) is 0. The molecule has 0 aromatic heterocycles. The zero-order chi connectivity index (χ0) is 14.2. The van der Waals surface area contributed by atoms with Crippen LogP contribution in [0.15, 0.2) is 34.8 Å². The molecule has 0 bridgehead atoms. The molecule has 0 amide bonds. The fraction of sp³-hybridized carbons (Fsp3) is 0.200. The Morgan fingerprint density at radius 3 is 2.21 bits per heavy atom. The number of hydrogen-bond donors (Lipinski definition) is 0. The monoisotopic (exact) mass is 344 g/mol. The molecule has 1 unspecified atom stereocenters. The zero-order valence-electron chi connectivity index (χ0n) is 10.5. The molecule has 1 atom stereocenters. The molecule has 19 heavy (non-hydrogen) atoms. The molecule has 0 N–H and O–H groups in total. The lowest BCUT2D eigenvalue weighted by Crippen LogP contribution is -2.03. The SMILES string of the molecule is Cc1cc(F)cc(C)c1C(Cl)c1cc(Br)ccc1F. The van der Waals surface area contributed by atoms with Gasteiger partial charge in [0, 0.05) is 10.0 Å². The second kappa shape index (κ2) is 5.59. The molecule has 100 valence electrons. The van der Waals surface area contributed by atoms with Crippen LogP contribution in [0.5, 0.6) is 0 Å². The summed E-state index contributed by atoms with van der Waals surface area (Å²) in [4.78, 5) is 0. The number of benzene rings is 2. The van der Waals surface area contributed by atoms with E-state index in [1.165, 1.54) is 18.2 Å². The van der Waals surface area contributed by atoms with Crippen LogP contribution < -0.4 is 0 Å². The predicted molar refractivity (Wildman–Crippen MR) is 77.7 cm³/mol. The maximum atomic E-state index is 13.9. The van der Waals surface area contributed by atoms with Crippen LogP contribution in [-0.2, 0) is 0 Å². The smallest absolute Gasteiger partial charge is 0.128 e. The molecule has 0 nitrogen and oxygen atoms in total. The third-order valence-electron chi connectivity index (χ3n) is 3.04. The van der Waals surface area contributed by atoms with Crippen molar-refractivity contribution in [2.24, 2.45) is 0 Å². The first kappa shape index (κ1) is 14.5. The van der Waals surface area contributed by atoms with Gasteiger partial charge in [0.25, 0.3) is 0 Å². The fourth-order valence-electron chi connectivity index (χ4n) is 2.19.